The van der Waals surface area contributed by atoms with Crippen LogP contribution in [0.3, 0.4) is 0 Å². The summed E-state index contributed by atoms with van der Waals surface area (Å²) in [5, 5.41) is 0. The van der Waals surface area contributed by atoms with Crippen LogP contribution in [0.4, 0.5) is 0 Å². The predicted octanol–water partition coefficient (Wildman–Crippen LogP) is 3.68. The molecule has 0 N–H and O–H groups in total. The zero-order valence-electron chi connectivity index (χ0n) is 8.25. The normalized spacial score (nSPS) is 17.4. The van der Waals surface area contributed by atoms with Crippen molar-refractivity contribution in [3.8, 4) is 0 Å². The SMILES string of the molecule is CCC(C)[C]1C=Cc2ccccc21. The molecule has 0 aliphatic heterocycles. The van der Waals surface area contributed by atoms with E-state index in [1.807, 2.05) is 0 Å². The highest BCUT2D eigenvalue weighted by Gasteiger charge is 2.21. The van der Waals surface area contributed by atoms with Gasteiger partial charge in [-0.15, -0.1) is 0 Å². The average molecular weight is 171 g/mol. The van der Waals surface area contributed by atoms with E-state index in [2.05, 4.69) is 50.3 Å². The van der Waals surface area contributed by atoms with Gasteiger partial charge in [-0.3, -0.25) is 0 Å². The Labute approximate surface area is 80.3 Å². The second-order valence-corrected chi connectivity index (χ2v) is 3.69. The van der Waals surface area contributed by atoms with Crippen LogP contribution < -0.4 is 0 Å². The number of rotatable bonds is 2. The lowest BCUT2D eigenvalue weighted by Gasteiger charge is -2.16. The summed E-state index contributed by atoms with van der Waals surface area (Å²) in [6.07, 6.45) is 5.70. The fraction of sp³-hybridized carbons (Fsp3) is 0.308. The van der Waals surface area contributed by atoms with Crippen LogP contribution in [0.2, 0.25) is 0 Å². The van der Waals surface area contributed by atoms with Crippen molar-refractivity contribution in [1.29, 1.82) is 0 Å². The minimum Gasteiger partial charge on any atom is -0.0718 e. The van der Waals surface area contributed by atoms with Crippen molar-refractivity contribution in [2.45, 2.75) is 20.3 Å². The van der Waals surface area contributed by atoms with E-state index in [0.29, 0.717) is 5.92 Å². The van der Waals surface area contributed by atoms with E-state index in [4.69, 9.17) is 0 Å². The quantitative estimate of drug-likeness (QED) is 0.636. The molecule has 1 aliphatic rings. The molecule has 0 amide bonds. The maximum absolute atomic E-state index is 2.29. The summed E-state index contributed by atoms with van der Waals surface area (Å²) in [7, 11) is 0. The summed E-state index contributed by atoms with van der Waals surface area (Å²) in [4.78, 5) is 0. The molecule has 0 heteroatoms. The molecule has 1 unspecified atom stereocenters. The number of hydrogen-bond acceptors (Lipinski definition) is 0. The van der Waals surface area contributed by atoms with E-state index in [-0.39, 0.29) is 0 Å². The lowest BCUT2D eigenvalue weighted by molar-refractivity contribution is 0.622. The van der Waals surface area contributed by atoms with E-state index in [1.165, 1.54) is 23.5 Å². The molecular weight excluding hydrogens is 156 g/mol. The van der Waals surface area contributed by atoms with Crippen molar-refractivity contribution in [3.63, 3.8) is 0 Å². The van der Waals surface area contributed by atoms with Gasteiger partial charge in [0, 0.05) is 5.92 Å². The van der Waals surface area contributed by atoms with Gasteiger partial charge < -0.3 is 0 Å². The lowest BCUT2D eigenvalue weighted by Crippen LogP contribution is -2.05. The van der Waals surface area contributed by atoms with Crippen molar-refractivity contribution >= 4 is 6.08 Å². The first kappa shape index (κ1) is 8.55. The Bertz CT molecular complexity index is 323. The minimum absolute atomic E-state index is 0.680. The van der Waals surface area contributed by atoms with Gasteiger partial charge in [-0.25, -0.2) is 0 Å². The van der Waals surface area contributed by atoms with Crippen LogP contribution >= 0.6 is 0 Å². The van der Waals surface area contributed by atoms with Gasteiger partial charge in [0.05, 0.1) is 0 Å². The van der Waals surface area contributed by atoms with Gasteiger partial charge >= 0.3 is 0 Å². The number of hydrogen-bond donors (Lipinski definition) is 0. The van der Waals surface area contributed by atoms with Crippen molar-refractivity contribution in [1.82, 2.24) is 0 Å². The summed E-state index contributed by atoms with van der Waals surface area (Å²) in [6, 6.07) is 8.62. The Kier molecular flexibility index (Phi) is 2.22. The van der Waals surface area contributed by atoms with Gasteiger partial charge in [0.1, 0.15) is 0 Å². The Morgan fingerprint density at radius 2 is 1.92 bits per heavy atom. The first-order valence-electron chi connectivity index (χ1n) is 4.97. The van der Waals surface area contributed by atoms with Gasteiger partial charge in [-0.05, 0) is 17.0 Å². The van der Waals surface area contributed by atoms with Crippen LogP contribution in [0, 0.1) is 11.8 Å². The van der Waals surface area contributed by atoms with E-state index in [9.17, 15) is 0 Å². The average Bonchev–Trinajstić information content (AvgIpc) is 2.60. The Balaban J connectivity index is 2.33. The second kappa shape index (κ2) is 3.37. The maximum Gasteiger partial charge on any atom is 0.0301 e. The van der Waals surface area contributed by atoms with Crippen molar-refractivity contribution in [2.75, 3.05) is 0 Å². The molecule has 1 aromatic rings. The molecule has 0 fully saturated rings. The molecule has 0 aromatic heterocycles. The highest BCUT2D eigenvalue weighted by atomic mass is 14.2. The zero-order valence-corrected chi connectivity index (χ0v) is 8.25. The van der Waals surface area contributed by atoms with Crippen LogP contribution in [0.5, 0.6) is 0 Å². The molecular formula is C13H15. The van der Waals surface area contributed by atoms with Crippen LogP contribution in [0.25, 0.3) is 6.08 Å². The third-order valence-corrected chi connectivity index (χ3v) is 2.86. The molecule has 0 heterocycles. The molecule has 0 nitrogen and oxygen atoms in total. The molecule has 1 radical (unpaired) electrons. The summed E-state index contributed by atoms with van der Waals surface area (Å²) < 4.78 is 0. The molecule has 1 atom stereocenters. The van der Waals surface area contributed by atoms with Crippen molar-refractivity contribution in [2.24, 2.45) is 5.92 Å². The highest BCUT2D eigenvalue weighted by Crippen LogP contribution is 2.35. The van der Waals surface area contributed by atoms with Gasteiger partial charge in [0.15, 0.2) is 0 Å². The second-order valence-electron chi connectivity index (χ2n) is 3.69. The summed E-state index contributed by atoms with van der Waals surface area (Å²) in [5.74, 6) is 2.18. The highest BCUT2D eigenvalue weighted by molar-refractivity contribution is 5.68. The van der Waals surface area contributed by atoms with Gasteiger partial charge in [-0.1, -0.05) is 56.7 Å². The molecule has 1 aliphatic carbocycles. The Morgan fingerprint density at radius 1 is 1.15 bits per heavy atom. The summed E-state index contributed by atoms with van der Waals surface area (Å²) in [6.45, 7) is 4.54. The molecule has 1 aromatic carbocycles. The summed E-state index contributed by atoms with van der Waals surface area (Å²) in [5.41, 5.74) is 2.80. The zero-order chi connectivity index (χ0) is 9.26. The third-order valence-electron chi connectivity index (χ3n) is 2.86. The van der Waals surface area contributed by atoms with Gasteiger partial charge in [0.2, 0.25) is 0 Å². The number of allylic oxidation sites excluding steroid dienone is 1. The smallest absolute Gasteiger partial charge is 0.0301 e. The van der Waals surface area contributed by atoms with Gasteiger partial charge in [0.25, 0.3) is 0 Å². The fourth-order valence-corrected chi connectivity index (χ4v) is 1.82. The number of fused-ring (bicyclic) bond motifs is 1. The van der Waals surface area contributed by atoms with Crippen LogP contribution in [0.15, 0.2) is 30.3 Å². The predicted molar refractivity (Wildman–Crippen MR) is 57.3 cm³/mol. The van der Waals surface area contributed by atoms with E-state index in [0.717, 1.165) is 0 Å². The van der Waals surface area contributed by atoms with Crippen LogP contribution in [-0.2, 0) is 0 Å². The molecule has 0 spiro atoms. The Hall–Kier alpha value is -1.04. The molecule has 0 bridgehead atoms. The summed E-state index contributed by atoms with van der Waals surface area (Å²) >= 11 is 0. The standard InChI is InChI=1S/C13H15/c1-3-10(2)12-9-8-11-6-4-5-7-13(11)12/h4-10H,3H2,1-2H3. The van der Waals surface area contributed by atoms with Crippen LogP contribution in [-0.4, -0.2) is 0 Å². The largest absolute Gasteiger partial charge is 0.0718 e. The fourth-order valence-electron chi connectivity index (χ4n) is 1.82. The first-order valence-corrected chi connectivity index (χ1v) is 4.97. The maximum atomic E-state index is 2.29. The third kappa shape index (κ3) is 1.41. The monoisotopic (exact) mass is 171 g/mol. The number of benzene rings is 1. The molecule has 0 saturated carbocycles. The van der Waals surface area contributed by atoms with Crippen molar-refractivity contribution in [3.05, 3.63) is 47.4 Å². The molecule has 13 heavy (non-hydrogen) atoms. The topological polar surface area (TPSA) is 0 Å². The van der Waals surface area contributed by atoms with Gasteiger partial charge in [-0.2, -0.15) is 0 Å². The van der Waals surface area contributed by atoms with Crippen LogP contribution in [0.1, 0.15) is 31.4 Å². The Morgan fingerprint density at radius 3 is 2.69 bits per heavy atom. The molecule has 0 saturated heterocycles. The minimum atomic E-state index is 0.680. The first-order chi connectivity index (χ1) is 6.33. The van der Waals surface area contributed by atoms with E-state index in [1.54, 1.807) is 0 Å². The van der Waals surface area contributed by atoms with E-state index >= 15 is 0 Å². The molecule has 2 rings (SSSR count). The van der Waals surface area contributed by atoms with Crippen molar-refractivity contribution < 1.29 is 0 Å². The van der Waals surface area contributed by atoms with E-state index < -0.39 is 0 Å². The lowest BCUT2D eigenvalue weighted by atomic mass is 9.87. The molecule has 67 valence electrons.